The largest absolute Gasteiger partial charge is 0.309 e. The molecule has 28 aromatic rings. The number of fused-ring (bicyclic) bond motifs is 20. The molecule has 0 unspecified atom stereocenters. The summed E-state index contributed by atoms with van der Waals surface area (Å²) in [5.74, 6) is 3.48. The van der Waals surface area contributed by atoms with Gasteiger partial charge in [-0.1, -0.05) is 146 Å². The Labute approximate surface area is 776 Å². The second kappa shape index (κ2) is 33.8. The Morgan fingerprint density at radius 1 is 0.132 bits per heavy atom. The maximum absolute atomic E-state index is 5.24. The standard InChI is InChI=1S/4C29H19N5/c4*1-2-7-21(8-3-1)33-24-11-5-4-10-23(24)27-25(33)12-13-26-28(27)32-29(20-14-17-30-18-15-20)34(26)22-9-6-16-31-19-22/h4*1-19H. The molecule has 20 heteroatoms. The van der Waals surface area contributed by atoms with Gasteiger partial charge in [0.15, 0.2) is 0 Å². The molecule has 0 aliphatic rings. The molecule has 0 saturated heterocycles. The zero-order valence-electron chi connectivity index (χ0n) is 72.8. The van der Waals surface area contributed by atoms with E-state index in [2.05, 4.69) is 343 Å². The van der Waals surface area contributed by atoms with Gasteiger partial charge in [0.25, 0.3) is 0 Å². The van der Waals surface area contributed by atoms with E-state index in [9.17, 15) is 0 Å². The summed E-state index contributed by atoms with van der Waals surface area (Å²) < 4.78 is 18.0. The molecule has 16 heterocycles. The lowest BCUT2D eigenvalue weighted by molar-refractivity contribution is 1.08. The summed E-state index contributed by atoms with van der Waals surface area (Å²) in [5, 5.41) is 9.33. The molecule has 0 bridgehead atoms. The van der Waals surface area contributed by atoms with Gasteiger partial charge in [0.05, 0.1) is 136 Å². The number of aromatic nitrogens is 20. The number of imidazole rings is 4. The third-order valence-corrected chi connectivity index (χ3v) is 25.3. The smallest absolute Gasteiger partial charge is 0.145 e. The van der Waals surface area contributed by atoms with Gasteiger partial charge in [-0.05, 0) is 218 Å². The fourth-order valence-corrected chi connectivity index (χ4v) is 19.6. The predicted molar refractivity (Wildman–Crippen MR) is 546 cm³/mol. The molecule has 0 fully saturated rings. The van der Waals surface area contributed by atoms with Crippen molar-refractivity contribution in [2.45, 2.75) is 0 Å². The van der Waals surface area contributed by atoms with Crippen LogP contribution in [0.5, 0.6) is 0 Å². The lowest BCUT2D eigenvalue weighted by Gasteiger charge is -2.09. The highest BCUT2D eigenvalue weighted by molar-refractivity contribution is 6.24. The molecule has 0 spiro atoms. The van der Waals surface area contributed by atoms with Crippen molar-refractivity contribution in [1.82, 2.24) is 96.3 Å². The van der Waals surface area contributed by atoms with E-state index in [0.717, 1.165) is 201 Å². The third kappa shape index (κ3) is 13.5. The Bertz CT molecular complexity index is 8210. The predicted octanol–water partition coefficient (Wildman–Crippen LogP) is 26.3. The number of rotatable bonds is 12. The zero-order chi connectivity index (χ0) is 89.9. The van der Waals surface area contributed by atoms with Crippen LogP contribution in [0.25, 0.3) is 222 Å². The van der Waals surface area contributed by atoms with Crippen LogP contribution in [0.3, 0.4) is 0 Å². The number of nitrogens with zero attached hydrogens (tertiary/aromatic N) is 20. The van der Waals surface area contributed by atoms with E-state index in [0.29, 0.717) is 0 Å². The highest BCUT2D eigenvalue weighted by Gasteiger charge is 2.28. The van der Waals surface area contributed by atoms with Crippen LogP contribution in [-0.4, -0.2) is 96.3 Å². The number of hydrogen-bond acceptors (Lipinski definition) is 12. The minimum Gasteiger partial charge on any atom is -0.309 e. The molecule has 0 aliphatic carbocycles. The molecular formula is C116H76N20. The van der Waals surface area contributed by atoms with Gasteiger partial charge in [-0.3, -0.25) is 58.1 Å². The fourth-order valence-electron chi connectivity index (χ4n) is 19.6. The molecule has 28 rings (SSSR count). The molecule has 16 aromatic heterocycles. The first-order chi connectivity index (χ1) is 67.6. The summed E-state index contributed by atoms with van der Waals surface area (Å²) in [6.45, 7) is 0. The summed E-state index contributed by atoms with van der Waals surface area (Å²) in [6, 6.07) is 126. The lowest BCUT2D eigenvalue weighted by Crippen LogP contribution is -1.98. The van der Waals surface area contributed by atoms with Gasteiger partial charge in [-0.25, -0.2) is 19.9 Å². The first-order valence-electron chi connectivity index (χ1n) is 44.8. The van der Waals surface area contributed by atoms with Gasteiger partial charge in [-0.2, -0.15) is 0 Å². The van der Waals surface area contributed by atoms with Crippen LogP contribution in [-0.2, 0) is 0 Å². The van der Waals surface area contributed by atoms with Gasteiger partial charge < -0.3 is 18.3 Å². The van der Waals surface area contributed by atoms with Crippen LogP contribution in [0.15, 0.2) is 463 Å². The minimum absolute atomic E-state index is 0.870. The molecule has 0 aliphatic heterocycles. The summed E-state index contributed by atoms with van der Waals surface area (Å²) >= 11 is 0. The van der Waals surface area contributed by atoms with E-state index in [-0.39, 0.29) is 0 Å². The van der Waals surface area contributed by atoms with Crippen LogP contribution in [0, 0.1) is 0 Å². The van der Waals surface area contributed by atoms with Crippen LogP contribution in [0.4, 0.5) is 0 Å². The quantitative estimate of drug-likeness (QED) is 0.112. The Balaban J connectivity index is 0.0000000965. The van der Waals surface area contributed by atoms with Crippen LogP contribution in [0.2, 0.25) is 0 Å². The van der Waals surface area contributed by atoms with E-state index < -0.39 is 0 Å². The molecular weight excluding hydrogens is 1670 g/mol. The Kier molecular flexibility index (Phi) is 19.6. The summed E-state index contributed by atoms with van der Waals surface area (Å²) in [6.07, 6.45) is 29.1. The third-order valence-electron chi connectivity index (χ3n) is 25.3. The summed E-state index contributed by atoms with van der Waals surface area (Å²) in [5.41, 5.74) is 29.7. The number of hydrogen-bond donors (Lipinski definition) is 0. The van der Waals surface area contributed by atoms with E-state index >= 15 is 0 Å². The Hall–Kier alpha value is -19.1. The molecule has 0 saturated carbocycles. The van der Waals surface area contributed by atoms with Gasteiger partial charge >= 0.3 is 0 Å². The van der Waals surface area contributed by atoms with Gasteiger partial charge in [0.1, 0.15) is 23.3 Å². The first-order valence-corrected chi connectivity index (χ1v) is 44.8. The van der Waals surface area contributed by atoms with Crippen molar-refractivity contribution in [1.29, 1.82) is 0 Å². The van der Waals surface area contributed by atoms with Crippen molar-refractivity contribution in [3.05, 3.63) is 463 Å². The Morgan fingerprint density at radius 3 is 0.529 bits per heavy atom. The average Bonchev–Trinajstić information content (AvgIpc) is 1.57. The maximum Gasteiger partial charge on any atom is 0.145 e. The van der Waals surface area contributed by atoms with E-state index in [1.165, 1.54) is 21.5 Å². The van der Waals surface area contributed by atoms with Crippen LogP contribution < -0.4 is 0 Å². The molecule has 640 valence electrons. The summed E-state index contributed by atoms with van der Waals surface area (Å²) in [4.78, 5) is 55.3. The molecule has 20 nitrogen and oxygen atoms in total. The first kappa shape index (κ1) is 79.1. The topological polar surface area (TPSA) is 194 Å². The molecule has 0 atom stereocenters. The van der Waals surface area contributed by atoms with E-state index in [1.54, 1.807) is 74.4 Å². The lowest BCUT2D eigenvalue weighted by atomic mass is 10.1. The van der Waals surface area contributed by atoms with Gasteiger partial charge in [0.2, 0.25) is 0 Å². The number of pyridine rings is 8. The Morgan fingerprint density at radius 2 is 0.324 bits per heavy atom. The van der Waals surface area contributed by atoms with E-state index in [4.69, 9.17) is 19.9 Å². The second-order valence-corrected chi connectivity index (χ2v) is 32.9. The SMILES string of the molecule is c1ccc(-n2c3ccccc3c3c4nc(-c5ccncc5)n(-c5cccnc5)c4ccc32)cc1.c1ccc(-n2c3ccccc3c3c4nc(-c5ccncc5)n(-c5cccnc5)c4ccc32)cc1.c1ccc(-n2c3ccccc3c3c4nc(-c5ccncc5)n(-c5cccnc5)c4ccc32)cc1.c1ccc(-n2c3ccccc3c3c4nc(-c5ccncc5)n(-c5cccnc5)c4ccc32)cc1. The van der Waals surface area contributed by atoms with Crippen molar-refractivity contribution in [2.24, 2.45) is 0 Å². The van der Waals surface area contributed by atoms with E-state index in [1.807, 2.05) is 122 Å². The molecule has 136 heavy (non-hydrogen) atoms. The molecule has 0 radical (unpaired) electrons. The highest BCUT2D eigenvalue weighted by Crippen LogP contribution is 2.46. The van der Waals surface area contributed by atoms with Gasteiger partial charge in [0, 0.05) is 162 Å². The highest BCUT2D eigenvalue weighted by atomic mass is 15.1. The number of para-hydroxylation sites is 8. The molecule has 12 aromatic carbocycles. The van der Waals surface area contributed by atoms with Crippen molar-refractivity contribution >= 4 is 131 Å². The molecule has 0 N–H and O–H groups in total. The normalized spacial score (nSPS) is 11.5. The molecule has 0 amide bonds. The van der Waals surface area contributed by atoms with Gasteiger partial charge in [-0.15, -0.1) is 0 Å². The number of benzene rings is 12. The minimum atomic E-state index is 0.870. The van der Waals surface area contributed by atoms with Crippen LogP contribution in [0.1, 0.15) is 0 Å². The van der Waals surface area contributed by atoms with Crippen molar-refractivity contribution < 1.29 is 0 Å². The fraction of sp³-hybridized carbons (Fsp3) is 0. The van der Waals surface area contributed by atoms with Crippen molar-refractivity contribution in [3.63, 3.8) is 0 Å². The maximum atomic E-state index is 5.24. The summed E-state index contributed by atoms with van der Waals surface area (Å²) in [7, 11) is 0. The van der Waals surface area contributed by atoms with Crippen molar-refractivity contribution in [2.75, 3.05) is 0 Å². The zero-order valence-corrected chi connectivity index (χ0v) is 72.8. The average molecular weight is 1750 g/mol. The second-order valence-electron chi connectivity index (χ2n) is 32.9. The monoisotopic (exact) mass is 1750 g/mol. The van der Waals surface area contributed by atoms with Crippen molar-refractivity contribution in [3.8, 4) is 91.1 Å². The van der Waals surface area contributed by atoms with Crippen LogP contribution >= 0.6 is 0 Å².